The highest BCUT2D eigenvalue weighted by molar-refractivity contribution is 5.90. The lowest BCUT2D eigenvalue weighted by molar-refractivity contribution is -0.147. The molecule has 2 amide bonds. The van der Waals surface area contributed by atoms with Gasteiger partial charge in [0.1, 0.15) is 6.04 Å². The molecule has 12 nitrogen and oxygen atoms in total. The number of amides is 2. The lowest BCUT2D eigenvalue weighted by Crippen LogP contribution is -2.49. The summed E-state index contributed by atoms with van der Waals surface area (Å²) in [7, 11) is 1.32. The molecule has 0 aliphatic carbocycles. The minimum atomic E-state index is -1.58. The topological polar surface area (TPSA) is 214 Å². The molecule has 142 valence electrons. The molecule has 0 radical (unpaired) electrons. The molecule has 0 rings (SSSR count). The number of nitrogens with one attached hydrogen (secondary N) is 1. The number of hydrogen-bond donors (Lipinski definition) is 6. The molecule has 0 aliphatic rings. The standard InChI is InChI=1S/C13H24N6O6/c1-19(11(23)7(14)3-2-4-17-13(15)16)6-9(20)18-8(12(24)25)5-10(21)22/h7-8H,2-6,14H2,1H3,(H,18,20)(H,21,22)(H,24,25)(H4,15,16,17)/t7-,8-/m0/s1. The SMILES string of the molecule is CN(CC(=O)N[C@@H](CC(=O)O)C(=O)O)C(=O)[C@@H](N)CCCN=C(N)N. The van der Waals surface area contributed by atoms with Gasteiger partial charge in [0.2, 0.25) is 11.8 Å². The van der Waals surface area contributed by atoms with Gasteiger partial charge >= 0.3 is 11.9 Å². The van der Waals surface area contributed by atoms with Crippen LogP contribution in [0.2, 0.25) is 0 Å². The molecule has 0 aromatic rings. The molecular weight excluding hydrogens is 336 g/mol. The van der Waals surface area contributed by atoms with Crippen molar-refractivity contribution in [2.75, 3.05) is 20.1 Å². The van der Waals surface area contributed by atoms with Gasteiger partial charge in [-0.25, -0.2) is 4.79 Å². The summed E-state index contributed by atoms with van der Waals surface area (Å²) in [6.45, 7) is -0.146. The Kier molecular flexibility index (Phi) is 9.56. The van der Waals surface area contributed by atoms with E-state index in [-0.39, 0.29) is 5.96 Å². The molecule has 0 saturated carbocycles. The zero-order valence-corrected chi connectivity index (χ0v) is 13.8. The number of carboxylic acids is 2. The Morgan fingerprint density at radius 2 is 1.80 bits per heavy atom. The van der Waals surface area contributed by atoms with Crippen molar-refractivity contribution >= 4 is 29.7 Å². The summed E-state index contributed by atoms with van der Waals surface area (Å²) < 4.78 is 0. The number of nitrogens with zero attached hydrogens (tertiary/aromatic N) is 2. The van der Waals surface area contributed by atoms with Gasteiger partial charge in [-0.15, -0.1) is 0 Å². The van der Waals surface area contributed by atoms with E-state index in [9.17, 15) is 19.2 Å². The first kappa shape index (κ1) is 22.1. The number of aliphatic imine (C=N–C) groups is 1. The molecule has 25 heavy (non-hydrogen) atoms. The van der Waals surface area contributed by atoms with Gasteiger partial charge in [0, 0.05) is 13.6 Å². The van der Waals surface area contributed by atoms with Crippen LogP contribution in [-0.4, -0.2) is 77.0 Å². The number of aliphatic carboxylic acids is 2. The quantitative estimate of drug-likeness (QED) is 0.124. The van der Waals surface area contributed by atoms with Crippen molar-refractivity contribution in [3.05, 3.63) is 0 Å². The third-order valence-corrected chi connectivity index (χ3v) is 3.05. The molecule has 0 unspecified atom stereocenters. The second-order valence-corrected chi connectivity index (χ2v) is 5.31. The Morgan fingerprint density at radius 3 is 2.28 bits per heavy atom. The van der Waals surface area contributed by atoms with Crippen LogP contribution in [0.5, 0.6) is 0 Å². The smallest absolute Gasteiger partial charge is 0.326 e. The molecule has 0 saturated heterocycles. The molecule has 2 atom stereocenters. The largest absolute Gasteiger partial charge is 0.481 e. The van der Waals surface area contributed by atoms with Crippen LogP contribution in [0.4, 0.5) is 0 Å². The number of likely N-dealkylation sites (N-methyl/N-ethyl adjacent to an activating group) is 1. The Balaban J connectivity index is 4.44. The fourth-order valence-corrected chi connectivity index (χ4v) is 1.83. The minimum absolute atomic E-state index is 0.0666. The summed E-state index contributed by atoms with van der Waals surface area (Å²) in [5.41, 5.74) is 16.0. The van der Waals surface area contributed by atoms with E-state index in [4.69, 9.17) is 27.4 Å². The fraction of sp³-hybridized carbons (Fsp3) is 0.615. The number of carboxylic acid groups (broad SMARTS) is 2. The van der Waals surface area contributed by atoms with Gasteiger partial charge < -0.3 is 37.6 Å². The van der Waals surface area contributed by atoms with Gasteiger partial charge in [-0.05, 0) is 12.8 Å². The Hall–Kier alpha value is -2.89. The van der Waals surface area contributed by atoms with Crippen molar-refractivity contribution in [3.63, 3.8) is 0 Å². The third kappa shape index (κ3) is 9.76. The van der Waals surface area contributed by atoms with Crippen LogP contribution in [0.3, 0.4) is 0 Å². The summed E-state index contributed by atoms with van der Waals surface area (Å²) >= 11 is 0. The van der Waals surface area contributed by atoms with Crippen LogP contribution in [0.15, 0.2) is 4.99 Å². The van der Waals surface area contributed by atoms with E-state index in [0.717, 1.165) is 4.90 Å². The summed E-state index contributed by atoms with van der Waals surface area (Å²) in [6, 6.07) is -2.46. The van der Waals surface area contributed by atoms with E-state index in [2.05, 4.69) is 4.99 Å². The number of hydrogen-bond acceptors (Lipinski definition) is 6. The second-order valence-electron chi connectivity index (χ2n) is 5.31. The molecule has 0 heterocycles. The van der Waals surface area contributed by atoms with Crippen molar-refractivity contribution in [1.29, 1.82) is 0 Å². The van der Waals surface area contributed by atoms with Gasteiger partial charge in [-0.3, -0.25) is 19.4 Å². The maximum Gasteiger partial charge on any atom is 0.326 e. The van der Waals surface area contributed by atoms with Gasteiger partial charge in [-0.1, -0.05) is 0 Å². The molecular formula is C13H24N6O6. The van der Waals surface area contributed by atoms with E-state index in [1.54, 1.807) is 0 Å². The van der Waals surface area contributed by atoms with Gasteiger partial charge in [0.25, 0.3) is 0 Å². The summed E-state index contributed by atoms with van der Waals surface area (Å²) in [5, 5.41) is 19.5. The molecule has 9 N–H and O–H groups in total. The number of nitrogens with two attached hydrogens (primary N) is 3. The molecule has 12 heteroatoms. The Bertz CT molecular complexity index is 533. The van der Waals surface area contributed by atoms with Crippen molar-refractivity contribution in [2.45, 2.75) is 31.3 Å². The van der Waals surface area contributed by atoms with Crippen LogP contribution >= 0.6 is 0 Å². The van der Waals surface area contributed by atoms with E-state index >= 15 is 0 Å². The van der Waals surface area contributed by atoms with E-state index in [1.807, 2.05) is 5.32 Å². The van der Waals surface area contributed by atoms with Gasteiger partial charge in [0.05, 0.1) is 19.0 Å². The monoisotopic (exact) mass is 360 g/mol. The van der Waals surface area contributed by atoms with Crippen LogP contribution in [0.1, 0.15) is 19.3 Å². The first-order valence-corrected chi connectivity index (χ1v) is 7.34. The first-order chi connectivity index (χ1) is 11.5. The Morgan fingerprint density at radius 1 is 1.20 bits per heavy atom. The van der Waals surface area contributed by atoms with Crippen molar-refractivity contribution in [1.82, 2.24) is 10.2 Å². The molecule has 0 bridgehead atoms. The molecule has 0 aliphatic heterocycles. The predicted octanol–water partition coefficient (Wildman–Crippen LogP) is -3.13. The number of guanidine groups is 1. The fourth-order valence-electron chi connectivity index (χ4n) is 1.83. The first-order valence-electron chi connectivity index (χ1n) is 7.34. The Labute approximate surface area is 144 Å². The highest BCUT2D eigenvalue weighted by Gasteiger charge is 2.25. The van der Waals surface area contributed by atoms with Gasteiger partial charge in [0.15, 0.2) is 5.96 Å². The molecule has 0 aromatic heterocycles. The zero-order valence-electron chi connectivity index (χ0n) is 13.8. The number of carbonyl (C=O) groups is 4. The third-order valence-electron chi connectivity index (χ3n) is 3.05. The lowest BCUT2D eigenvalue weighted by atomic mass is 10.1. The molecule has 0 aromatic carbocycles. The van der Waals surface area contributed by atoms with E-state index in [1.165, 1.54) is 7.05 Å². The normalized spacial score (nSPS) is 12.6. The van der Waals surface area contributed by atoms with Crippen LogP contribution < -0.4 is 22.5 Å². The highest BCUT2D eigenvalue weighted by Crippen LogP contribution is 2.00. The van der Waals surface area contributed by atoms with Crippen molar-refractivity contribution in [3.8, 4) is 0 Å². The molecule has 0 spiro atoms. The minimum Gasteiger partial charge on any atom is -0.481 e. The van der Waals surface area contributed by atoms with E-state index < -0.39 is 48.8 Å². The average Bonchev–Trinajstić information content (AvgIpc) is 2.48. The maximum absolute atomic E-state index is 12.0. The van der Waals surface area contributed by atoms with Gasteiger partial charge in [-0.2, -0.15) is 0 Å². The summed E-state index contributed by atoms with van der Waals surface area (Å²) in [4.78, 5) is 50.0. The lowest BCUT2D eigenvalue weighted by Gasteiger charge is -2.21. The van der Waals surface area contributed by atoms with Crippen LogP contribution in [0.25, 0.3) is 0 Å². The van der Waals surface area contributed by atoms with E-state index in [0.29, 0.717) is 19.4 Å². The predicted molar refractivity (Wildman–Crippen MR) is 87.3 cm³/mol. The maximum atomic E-state index is 12.0. The molecule has 0 fully saturated rings. The van der Waals surface area contributed by atoms with Crippen molar-refractivity contribution < 1.29 is 29.4 Å². The highest BCUT2D eigenvalue weighted by atomic mass is 16.4. The van der Waals surface area contributed by atoms with Crippen LogP contribution in [-0.2, 0) is 19.2 Å². The summed E-state index contributed by atoms with van der Waals surface area (Å²) in [6.07, 6.45) is -0.0219. The zero-order chi connectivity index (χ0) is 19.6. The number of rotatable bonds is 11. The average molecular weight is 360 g/mol. The summed E-state index contributed by atoms with van der Waals surface area (Å²) in [5.74, 6) is -4.26. The van der Waals surface area contributed by atoms with Crippen LogP contribution in [0, 0.1) is 0 Å². The van der Waals surface area contributed by atoms with Crippen molar-refractivity contribution in [2.24, 2.45) is 22.2 Å². The number of carbonyl (C=O) groups excluding carboxylic acids is 2. The second kappa shape index (κ2) is 10.8.